The molecule has 1 N–H and O–H groups in total. The zero-order chi connectivity index (χ0) is 17.5. The number of aryl methyl sites for hydroxylation is 1. The van der Waals surface area contributed by atoms with E-state index in [4.69, 9.17) is 4.74 Å². The number of carbonyl (C=O) groups excluding carboxylic acids is 1. The minimum Gasteiger partial charge on any atom is -0.483 e. The number of hydrogen-bond donors (Lipinski definition) is 1. The molecular formula is C20H33ClN2O2. The zero-order valence-electron chi connectivity index (χ0n) is 16.0. The van der Waals surface area contributed by atoms with Crippen LogP contribution in [0, 0.1) is 12.8 Å². The minimum absolute atomic E-state index is 0. The highest BCUT2D eigenvalue weighted by Gasteiger charge is 2.23. The number of ether oxygens (including phenoxy) is 1. The van der Waals surface area contributed by atoms with Gasteiger partial charge in [-0.2, -0.15) is 0 Å². The molecule has 1 aromatic rings. The SMILES string of the molecule is CCNCC1CCN(C(=O)COc2cc(C)ccc2C(C)C)CC1.Cl. The van der Waals surface area contributed by atoms with Crippen LogP contribution >= 0.6 is 12.4 Å². The molecule has 1 fully saturated rings. The third kappa shape index (κ3) is 6.52. The molecule has 5 heteroatoms. The number of nitrogens with one attached hydrogen (secondary N) is 1. The van der Waals surface area contributed by atoms with Gasteiger partial charge in [0.05, 0.1) is 0 Å². The molecule has 2 rings (SSSR count). The van der Waals surface area contributed by atoms with Crippen molar-refractivity contribution in [2.24, 2.45) is 5.92 Å². The first-order valence-corrected chi connectivity index (χ1v) is 9.23. The molecule has 0 spiro atoms. The Balaban J connectivity index is 0.00000312. The van der Waals surface area contributed by atoms with Crippen LogP contribution < -0.4 is 10.1 Å². The summed E-state index contributed by atoms with van der Waals surface area (Å²) in [5.41, 5.74) is 2.32. The molecule has 0 saturated carbocycles. The predicted octanol–water partition coefficient (Wildman–Crippen LogP) is 3.77. The second-order valence-corrected chi connectivity index (χ2v) is 7.12. The van der Waals surface area contributed by atoms with Crippen molar-refractivity contribution in [3.05, 3.63) is 29.3 Å². The molecule has 0 radical (unpaired) electrons. The van der Waals surface area contributed by atoms with Crippen molar-refractivity contribution in [3.8, 4) is 5.75 Å². The number of halogens is 1. The van der Waals surface area contributed by atoms with Gasteiger partial charge in [-0.05, 0) is 61.9 Å². The van der Waals surface area contributed by atoms with Crippen molar-refractivity contribution in [1.82, 2.24) is 10.2 Å². The van der Waals surface area contributed by atoms with Gasteiger partial charge in [0, 0.05) is 13.1 Å². The summed E-state index contributed by atoms with van der Waals surface area (Å²) < 4.78 is 5.88. The molecule has 25 heavy (non-hydrogen) atoms. The zero-order valence-corrected chi connectivity index (χ0v) is 16.8. The smallest absolute Gasteiger partial charge is 0.260 e. The highest BCUT2D eigenvalue weighted by atomic mass is 35.5. The third-order valence-electron chi connectivity index (χ3n) is 4.79. The van der Waals surface area contributed by atoms with E-state index in [0.29, 0.717) is 11.8 Å². The maximum Gasteiger partial charge on any atom is 0.260 e. The van der Waals surface area contributed by atoms with Crippen LogP contribution in [-0.4, -0.2) is 43.6 Å². The second-order valence-electron chi connectivity index (χ2n) is 7.12. The van der Waals surface area contributed by atoms with E-state index in [9.17, 15) is 4.79 Å². The maximum atomic E-state index is 12.4. The van der Waals surface area contributed by atoms with Gasteiger partial charge in [0.2, 0.25) is 0 Å². The normalized spacial score (nSPS) is 15.2. The largest absolute Gasteiger partial charge is 0.483 e. The second kappa shape index (κ2) is 10.7. The van der Waals surface area contributed by atoms with Crippen molar-refractivity contribution in [1.29, 1.82) is 0 Å². The standard InChI is InChI=1S/C20H32N2O2.ClH/c1-5-21-13-17-8-10-22(11-9-17)20(23)14-24-19-12-16(4)6-7-18(19)15(2)3;/h6-7,12,15,17,21H,5,8-11,13-14H2,1-4H3;1H. The van der Waals surface area contributed by atoms with E-state index >= 15 is 0 Å². The summed E-state index contributed by atoms with van der Waals surface area (Å²) in [7, 11) is 0. The average Bonchev–Trinajstić information content (AvgIpc) is 2.58. The lowest BCUT2D eigenvalue weighted by Crippen LogP contribution is -2.42. The monoisotopic (exact) mass is 368 g/mol. The molecule has 0 bridgehead atoms. The number of benzene rings is 1. The molecule has 4 nitrogen and oxygen atoms in total. The summed E-state index contributed by atoms with van der Waals surface area (Å²) in [4.78, 5) is 14.4. The van der Waals surface area contributed by atoms with Gasteiger partial charge < -0.3 is 15.0 Å². The van der Waals surface area contributed by atoms with E-state index in [1.165, 1.54) is 0 Å². The number of piperidine rings is 1. The van der Waals surface area contributed by atoms with Gasteiger partial charge >= 0.3 is 0 Å². The molecule has 1 aliphatic rings. The molecule has 0 atom stereocenters. The van der Waals surface area contributed by atoms with E-state index in [2.05, 4.69) is 38.2 Å². The highest BCUT2D eigenvalue weighted by molar-refractivity contribution is 5.85. The first kappa shape index (κ1) is 21.8. The van der Waals surface area contributed by atoms with Crippen LogP contribution in [0.25, 0.3) is 0 Å². The van der Waals surface area contributed by atoms with E-state index in [-0.39, 0.29) is 24.9 Å². The first-order valence-electron chi connectivity index (χ1n) is 9.23. The maximum absolute atomic E-state index is 12.4. The topological polar surface area (TPSA) is 41.6 Å². The summed E-state index contributed by atoms with van der Waals surface area (Å²) >= 11 is 0. The lowest BCUT2D eigenvalue weighted by Gasteiger charge is -2.32. The molecule has 0 aromatic heterocycles. The molecule has 1 aliphatic heterocycles. The molecule has 1 aromatic carbocycles. The van der Waals surface area contributed by atoms with Gasteiger partial charge in [-0.3, -0.25) is 4.79 Å². The van der Waals surface area contributed by atoms with E-state index in [1.807, 2.05) is 17.9 Å². The van der Waals surface area contributed by atoms with Crippen molar-refractivity contribution in [2.45, 2.75) is 46.5 Å². The number of likely N-dealkylation sites (tertiary alicyclic amines) is 1. The fourth-order valence-corrected chi connectivity index (χ4v) is 3.21. The Labute approximate surface area is 158 Å². The van der Waals surface area contributed by atoms with Crippen molar-refractivity contribution in [3.63, 3.8) is 0 Å². The molecule has 1 amide bonds. The Morgan fingerprint density at radius 2 is 2.00 bits per heavy atom. The van der Waals surface area contributed by atoms with Crippen LogP contribution in [0.1, 0.15) is 50.7 Å². The Bertz CT molecular complexity index is 540. The molecule has 1 heterocycles. The van der Waals surface area contributed by atoms with Crippen LogP contribution in [0.3, 0.4) is 0 Å². The third-order valence-corrected chi connectivity index (χ3v) is 4.79. The summed E-state index contributed by atoms with van der Waals surface area (Å²) in [6, 6.07) is 6.23. The lowest BCUT2D eigenvalue weighted by atomic mass is 9.97. The van der Waals surface area contributed by atoms with Crippen LogP contribution in [0.2, 0.25) is 0 Å². The van der Waals surface area contributed by atoms with Crippen molar-refractivity contribution >= 4 is 18.3 Å². The van der Waals surface area contributed by atoms with Crippen LogP contribution in [-0.2, 0) is 4.79 Å². The molecule has 0 unspecified atom stereocenters. The van der Waals surface area contributed by atoms with E-state index in [0.717, 1.165) is 55.9 Å². The van der Waals surface area contributed by atoms with Crippen molar-refractivity contribution < 1.29 is 9.53 Å². The van der Waals surface area contributed by atoms with Gasteiger partial charge in [0.1, 0.15) is 5.75 Å². The molecule has 0 aliphatic carbocycles. The number of nitrogens with zero attached hydrogens (tertiary/aromatic N) is 1. The van der Waals surface area contributed by atoms with Crippen LogP contribution in [0.5, 0.6) is 5.75 Å². The van der Waals surface area contributed by atoms with E-state index < -0.39 is 0 Å². The lowest BCUT2D eigenvalue weighted by molar-refractivity contribution is -0.134. The fourth-order valence-electron chi connectivity index (χ4n) is 3.21. The number of rotatable bonds is 7. The van der Waals surface area contributed by atoms with Gasteiger partial charge in [-0.15, -0.1) is 12.4 Å². The van der Waals surface area contributed by atoms with Crippen LogP contribution in [0.4, 0.5) is 0 Å². The summed E-state index contributed by atoms with van der Waals surface area (Å²) in [6.07, 6.45) is 2.17. The summed E-state index contributed by atoms with van der Waals surface area (Å²) in [6.45, 7) is 12.4. The number of carbonyl (C=O) groups is 1. The summed E-state index contributed by atoms with van der Waals surface area (Å²) in [5, 5.41) is 3.40. The molecule has 1 saturated heterocycles. The Morgan fingerprint density at radius 3 is 2.60 bits per heavy atom. The quantitative estimate of drug-likeness (QED) is 0.796. The summed E-state index contributed by atoms with van der Waals surface area (Å²) in [5.74, 6) is 2.03. The molecular weight excluding hydrogens is 336 g/mol. The van der Waals surface area contributed by atoms with Crippen molar-refractivity contribution in [2.75, 3.05) is 32.8 Å². The van der Waals surface area contributed by atoms with Crippen LogP contribution in [0.15, 0.2) is 18.2 Å². The van der Waals surface area contributed by atoms with Gasteiger partial charge in [0.15, 0.2) is 6.61 Å². The van der Waals surface area contributed by atoms with E-state index in [1.54, 1.807) is 0 Å². The highest BCUT2D eigenvalue weighted by Crippen LogP contribution is 2.27. The Kier molecular flexibility index (Phi) is 9.30. The van der Waals surface area contributed by atoms with Gasteiger partial charge in [0.25, 0.3) is 5.91 Å². The first-order chi connectivity index (χ1) is 11.5. The fraction of sp³-hybridized carbons (Fsp3) is 0.650. The Hall–Kier alpha value is -1.26. The predicted molar refractivity (Wildman–Crippen MR) is 106 cm³/mol. The van der Waals surface area contributed by atoms with Gasteiger partial charge in [-0.25, -0.2) is 0 Å². The number of amides is 1. The number of hydrogen-bond acceptors (Lipinski definition) is 3. The average molecular weight is 369 g/mol. The molecule has 142 valence electrons. The minimum atomic E-state index is 0. The Morgan fingerprint density at radius 1 is 1.32 bits per heavy atom. The van der Waals surface area contributed by atoms with Gasteiger partial charge in [-0.1, -0.05) is 32.9 Å².